The number of fused-ring (bicyclic) bond motifs is 2. The Morgan fingerprint density at radius 2 is 2.13 bits per heavy atom. The zero-order valence-electron chi connectivity index (χ0n) is 17.4. The average molecular weight is 404 g/mol. The number of hydrogen-bond acceptors (Lipinski definition) is 3. The van der Waals surface area contributed by atoms with Crippen LogP contribution >= 0.6 is 0 Å². The Morgan fingerprint density at radius 1 is 1.27 bits per heavy atom. The quantitative estimate of drug-likeness (QED) is 0.292. The number of aromatic nitrogens is 1. The van der Waals surface area contributed by atoms with E-state index < -0.39 is 5.91 Å². The highest BCUT2D eigenvalue weighted by Crippen LogP contribution is 2.37. The predicted octanol–water partition coefficient (Wildman–Crippen LogP) is 4.63. The number of carbonyl (C=O) groups excluding carboxylic acids is 1. The van der Waals surface area contributed by atoms with Crippen LogP contribution in [-0.4, -0.2) is 34.1 Å². The van der Waals surface area contributed by atoms with Crippen LogP contribution in [0.25, 0.3) is 17.0 Å². The zero-order chi connectivity index (χ0) is 20.9. The maximum Gasteiger partial charge on any atom is 0.267 e. The van der Waals surface area contributed by atoms with Crippen molar-refractivity contribution in [2.45, 2.75) is 38.6 Å². The summed E-state index contributed by atoms with van der Waals surface area (Å²) in [5.74, 6) is -0.514. The summed E-state index contributed by atoms with van der Waals surface area (Å²) in [6.45, 7) is 4.37. The van der Waals surface area contributed by atoms with E-state index >= 15 is 0 Å². The van der Waals surface area contributed by atoms with Crippen LogP contribution in [0.4, 0.5) is 0 Å². The van der Waals surface area contributed by atoms with E-state index in [-0.39, 0.29) is 0 Å². The Hall–Kier alpha value is -2.89. The van der Waals surface area contributed by atoms with Gasteiger partial charge >= 0.3 is 0 Å². The minimum Gasteiger partial charge on any atom is -0.361 e. The first-order valence-electron chi connectivity index (χ1n) is 10.7. The van der Waals surface area contributed by atoms with Crippen molar-refractivity contribution in [1.82, 2.24) is 15.4 Å². The van der Waals surface area contributed by atoms with Crippen LogP contribution in [0.1, 0.15) is 48.1 Å². The average Bonchev–Trinajstić information content (AvgIpc) is 3.39. The van der Waals surface area contributed by atoms with Crippen LogP contribution in [0, 0.1) is 0 Å². The standard InChI is InChI=1S/C25H29N3O2/c1-2-14-28(15-13-20-17-26-23-6-4-3-5-21(20)23)24-11-9-19-16-18(7-10-22(19)24)8-12-25(29)27-30/h3-8,10,12,16-17,24,26,30H,2,9,11,13-15H2,1H3,(H,27,29)/b12-8+. The van der Waals surface area contributed by atoms with Gasteiger partial charge in [0.2, 0.25) is 0 Å². The SMILES string of the molecule is CCCN(CCc1c[nH]c2ccccc12)C1CCc2cc(/C=C/C(=O)NO)ccc21. The smallest absolute Gasteiger partial charge is 0.267 e. The minimum atomic E-state index is -0.514. The molecule has 30 heavy (non-hydrogen) atoms. The van der Waals surface area contributed by atoms with Crippen molar-refractivity contribution in [3.8, 4) is 0 Å². The molecule has 1 unspecified atom stereocenters. The lowest BCUT2D eigenvalue weighted by molar-refractivity contribution is -0.124. The molecule has 0 saturated carbocycles. The summed E-state index contributed by atoms with van der Waals surface area (Å²) in [6.07, 6.45) is 9.59. The minimum absolute atomic E-state index is 0.448. The molecule has 5 nitrogen and oxygen atoms in total. The lowest BCUT2D eigenvalue weighted by Gasteiger charge is -2.29. The lowest BCUT2D eigenvalue weighted by Crippen LogP contribution is -2.30. The topological polar surface area (TPSA) is 68.4 Å². The molecule has 1 heterocycles. The molecule has 1 aliphatic rings. The summed E-state index contributed by atoms with van der Waals surface area (Å²) in [5, 5.41) is 9.96. The molecule has 5 heteroatoms. The normalized spacial score (nSPS) is 15.9. The van der Waals surface area contributed by atoms with E-state index in [2.05, 4.69) is 65.5 Å². The number of nitrogens with zero attached hydrogens (tertiary/aromatic N) is 1. The van der Waals surface area contributed by atoms with Crippen molar-refractivity contribution < 1.29 is 10.0 Å². The van der Waals surface area contributed by atoms with E-state index in [9.17, 15) is 4.79 Å². The highest BCUT2D eigenvalue weighted by atomic mass is 16.5. The van der Waals surface area contributed by atoms with Gasteiger partial charge in [0, 0.05) is 35.8 Å². The number of aromatic amines is 1. The molecule has 1 amide bonds. The number of H-pyrrole nitrogens is 1. The molecule has 4 rings (SSSR count). The van der Waals surface area contributed by atoms with Crippen molar-refractivity contribution in [3.05, 3.63) is 77.0 Å². The van der Waals surface area contributed by atoms with Gasteiger partial charge in [-0.1, -0.05) is 43.3 Å². The van der Waals surface area contributed by atoms with E-state index in [0.717, 1.165) is 44.3 Å². The molecule has 3 aromatic rings. The number of hydroxylamine groups is 1. The van der Waals surface area contributed by atoms with Gasteiger partial charge in [0.1, 0.15) is 0 Å². The molecule has 0 radical (unpaired) electrons. The van der Waals surface area contributed by atoms with Crippen LogP contribution in [-0.2, 0) is 17.6 Å². The Balaban J connectivity index is 1.49. The number of carbonyl (C=O) groups is 1. The molecule has 0 fully saturated rings. The Kier molecular flexibility index (Phi) is 6.31. The van der Waals surface area contributed by atoms with Crippen molar-refractivity contribution >= 4 is 22.9 Å². The van der Waals surface area contributed by atoms with Crippen LogP contribution < -0.4 is 5.48 Å². The van der Waals surface area contributed by atoms with Gasteiger partial charge < -0.3 is 4.98 Å². The first-order valence-corrected chi connectivity index (χ1v) is 10.7. The molecule has 0 saturated heterocycles. The van der Waals surface area contributed by atoms with Gasteiger partial charge in [0.25, 0.3) is 5.91 Å². The first kappa shape index (κ1) is 20.4. The maximum absolute atomic E-state index is 11.2. The number of hydrogen-bond donors (Lipinski definition) is 3. The fourth-order valence-corrected chi connectivity index (χ4v) is 4.62. The third-order valence-electron chi connectivity index (χ3n) is 6.05. The molecule has 156 valence electrons. The van der Waals surface area contributed by atoms with Crippen LogP contribution in [0.15, 0.2) is 54.7 Å². The Bertz CT molecular complexity index is 1050. The predicted molar refractivity (Wildman–Crippen MR) is 120 cm³/mol. The molecule has 1 atom stereocenters. The van der Waals surface area contributed by atoms with Gasteiger partial charge in [-0.25, -0.2) is 5.48 Å². The van der Waals surface area contributed by atoms with E-state index in [0.29, 0.717) is 6.04 Å². The van der Waals surface area contributed by atoms with Crippen molar-refractivity contribution in [1.29, 1.82) is 0 Å². The summed E-state index contributed by atoms with van der Waals surface area (Å²) >= 11 is 0. The second kappa shape index (κ2) is 9.28. The summed E-state index contributed by atoms with van der Waals surface area (Å²) in [6, 6.07) is 15.4. The number of amides is 1. The van der Waals surface area contributed by atoms with Crippen LogP contribution in [0.3, 0.4) is 0 Å². The Labute approximate surface area is 177 Å². The number of benzene rings is 2. The number of rotatable bonds is 8. The lowest BCUT2D eigenvalue weighted by atomic mass is 10.0. The molecular formula is C25H29N3O2. The van der Waals surface area contributed by atoms with E-state index in [1.165, 1.54) is 33.7 Å². The fourth-order valence-electron chi connectivity index (χ4n) is 4.62. The zero-order valence-corrected chi connectivity index (χ0v) is 17.4. The fraction of sp³-hybridized carbons (Fsp3) is 0.320. The van der Waals surface area contributed by atoms with E-state index in [4.69, 9.17) is 5.21 Å². The summed E-state index contributed by atoms with van der Waals surface area (Å²) in [5.41, 5.74) is 7.97. The number of nitrogens with one attached hydrogen (secondary N) is 2. The number of para-hydroxylation sites is 1. The third kappa shape index (κ3) is 4.32. The van der Waals surface area contributed by atoms with Gasteiger partial charge in [-0.2, -0.15) is 0 Å². The van der Waals surface area contributed by atoms with Crippen molar-refractivity contribution in [2.24, 2.45) is 0 Å². The number of aryl methyl sites for hydroxylation is 1. The molecule has 0 aliphatic heterocycles. The second-order valence-corrected chi connectivity index (χ2v) is 7.97. The first-order chi connectivity index (χ1) is 14.7. The highest BCUT2D eigenvalue weighted by molar-refractivity contribution is 5.90. The summed E-state index contributed by atoms with van der Waals surface area (Å²) in [4.78, 5) is 17.2. The van der Waals surface area contributed by atoms with Crippen LogP contribution in [0.5, 0.6) is 0 Å². The summed E-state index contributed by atoms with van der Waals surface area (Å²) in [7, 11) is 0. The Morgan fingerprint density at radius 3 is 2.97 bits per heavy atom. The maximum atomic E-state index is 11.2. The van der Waals surface area contributed by atoms with Gasteiger partial charge in [0.05, 0.1) is 0 Å². The van der Waals surface area contributed by atoms with Gasteiger partial charge in [-0.05, 0) is 66.6 Å². The van der Waals surface area contributed by atoms with E-state index in [1.54, 1.807) is 11.6 Å². The monoisotopic (exact) mass is 403 g/mol. The van der Waals surface area contributed by atoms with Crippen molar-refractivity contribution in [2.75, 3.05) is 13.1 Å². The van der Waals surface area contributed by atoms with Gasteiger partial charge in [0.15, 0.2) is 0 Å². The van der Waals surface area contributed by atoms with Crippen molar-refractivity contribution in [3.63, 3.8) is 0 Å². The summed E-state index contributed by atoms with van der Waals surface area (Å²) < 4.78 is 0. The molecule has 1 aromatic heterocycles. The largest absolute Gasteiger partial charge is 0.361 e. The molecule has 3 N–H and O–H groups in total. The van der Waals surface area contributed by atoms with Gasteiger partial charge in [-0.15, -0.1) is 0 Å². The van der Waals surface area contributed by atoms with E-state index in [1.807, 2.05) is 0 Å². The molecule has 2 aromatic carbocycles. The third-order valence-corrected chi connectivity index (χ3v) is 6.05. The van der Waals surface area contributed by atoms with Gasteiger partial charge in [-0.3, -0.25) is 14.9 Å². The molecule has 0 spiro atoms. The molecule has 1 aliphatic carbocycles. The molecule has 0 bridgehead atoms. The van der Waals surface area contributed by atoms with Crippen LogP contribution in [0.2, 0.25) is 0 Å². The molecular weight excluding hydrogens is 374 g/mol. The highest BCUT2D eigenvalue weighted by Gasteiger charge is 2.27. The second-order valence-electron chi connectivity index (χ2n) is 7.97.